The Kier molecular flexibility index (Phi) is 7.31. The highest BCUT2D eigenvalue weighted by Crippen LogP contribution is 2.40. The van der Waals surface area contributed by atoms with Crippen molar-refractivity contribution in [3.63, 3.8) is 0 Å². The minimum absolute atomic E-state index is 0.284. The molecule has 186 valence electrons. The molecule has 2 aromatic carbocycles. The third kappa shape index (κ3) is 4.60. The van der Waals surface area contributed by atoms with Crippen molar-refractivity contribution in [3.05, 3.63) is 63.3 Å². The van der Waals surface area contributed by atoms with E-state index in [4.69, 9.17) is 32.7 Å². The Balaban J connectivity index is 1.61. The first-order valence-electron chi connectivity index (χ1n) is 11.5. The van der Waals surface area contributed by atoms with Crippen LogP contribution in [-0.4, -0.2) is 41.9 Å². The molecule has 9 heteroatoms. The maximum absolute atomic E-state index is 13.4. The van der Waals surface area contributed by atoms with Crippen molar-refractivity contribution in [2.24, 2.45) is 7.05 Å². The molecule has 1 aromatic heterocycles. The lowest BCUT2D eigenvalue weighted by atomic mass is 9.85. The molecule has 1 saturated heterocycles. The number of rotatable bonds is 9. The molecule has 2 heterocycles. The molecular formula is C26H28Cl2N2O5. The van der Waals surface area contributed by atoms with Crippen LogP contribution in [-0.2, 0) is 22.1 Å². The zero-order chi connectivity index (χ0) is 25.3. The third-order valence-electron chi connectivity index (χ3n) is 6.71. The lowest BCUT2D eigenvalue weighted by Gasteiger charge is -2.42. The van der Waals surface area contributed by atoms with Crippen LogP contribution in [0, 0.1) is 0 Å². The second-order valence-electron chi connectivity index (χ2n) is 8.91. The van der Waals surface area contributed by atoms with E-state index in [2.05, 4.69) is 5.32 Å². The van der Waals surface area contributed by atoms with Gasteiger partial charge >= 0.3 is 5.97 Å². The second kappa shape index (κ2) is 10.1. The highest BCUT2D eigenvalue weighted by atomic mass is 35.5. The van der Waals surface area contributed by atoms with Gasteiger partial charge in [-0.3, -0.25) is 9.59 Å². The average molecular weight is 519 g/mol. The number of ether oxygens (including phenoxy) is 2. The van der Waals surface area contributed by atoms with Gasteiger partial charge in [0.2, 0.25) is 0 Å². The van der Waals surface area contributed by atoms with Gasteiger partial charge in [0.1, 0.15) is 22.0 Å². The Morgan fingerprint density at radius 3 is 2.43 bits per heavy atom. The van der Waals surface area contributed by atoms with E-state index in [1.54, 1.807) is 23.7 Å². The van der Waals surface area contributed by atoms with Crippen molar-refractivity contribution in [2.45, 2.75) is 37.6 Å². The number of halogens is 2. The number of carbonyl (C=O) groups excluding carboxylic acids is 1. The number of amides is 1. The molecule has 0 spiro atoms. The van der Waals surface area contributed by atoms with Crippen LogP contribution in [0.2, 0.25) is 10.0 Å². The fraction of sp³-hybridized carbons (Fsp3) is 0.385. The van der Waals surface area contributed by atoms with E-state index in [-0.39, 0.29) is 5.91 Å². The van der Waals surface area contributed by atoms with Crippen LogP contribution in [0.1, 0.15) is 53.7 Å². The first-order chi connectivity index (χ1) is 16.7. The van der Waals surface area contributed by atoms with Crippen molar-refractivity contribution in [2.75, 3.05) is 20.3 Å². The number of carboxylic acids is 1. The maximum atomic E-state index is 13.4. The van der Waals surface area contributed by atoms with E-state index in [0.717, 1.165) is 29.5 Å². The summed E-state index contributed by atoms with van der Waals surface area (Å²) in [5, 5.41) is 14.0. The summed E-state index contributed by atoms with van der Waals surface area (Å²) in [5.41, 5.74) is 2.05. The maximum Gasteiger partial charge on any atom is 0.310 e. The molecule has 2 N–H and O–H groups in total. The van der Waals surface area contributed by atoms with Gasteiger partial charge in [-0.05, 0) is 23.6 Å². The van der Waals surface area contributed by atoms with E-state index >= 15 is 0 Å². The third-order valence-corrected chi connectivity index (χ3v) is 7.57. The Bertz CT molecular complexity index is 1270. The number of aromatic nitrogens is 1. The molecule has 1 fully saturated rings. The van der Waals surface area contributed by atoms with Crippen LogP contribution in [0.4, 0.5) is 0 Å². The van der Waals surface area contributed by atoms with Gasteiger partial charge in [-0.25, -0.2) is 0 Å². The second-order valence-corrected chi connectivity index (χ2v) is 9.67. The average Bonchev–Trinajstić information content (AvgIpc) is 3.15. The Hall–Kier alpha value is -2.74. The zero-order valence-electron chi connectivity index (χ0n) is 19.9. The lowest BCUT2D eigenvalue weighted by Crippen LogP contribution is -2.59. The molecule has 3 aromatic rings. The fourth-order valence-electron chi connectivity index (χ4n) is 4.52. The molecule has 1 amide bonds. The van der Waals surface area contributed by atoms with Crippen LogP contribution in [0.3, 0.4) is 0 Å². The number of hydrogen-bond acceptors (Lipinski definition) is 4. The Morgan fingerprint density at radius 1 is 1.20 bits per heavy atom. The molecule has 0 radical (unpaired) electrons. The first-order valence-corrected chi connectivity index (χ1v) is 12.2. The molecule has 0 aliphatic carbocycles. The van der Waals surface area contributed by atoms with E-state index in [9.17, 15) is 14.7 Å². The van der Waals surface area contributed by atoms with Crippen LogP contribution >= 0.6 is 23.2 Å². The molecule has 0 bridgehead atoms. The highest BCUT2D eigenvalue weighted by Gasteiger charge is 2.42. The van der Waals surface area contributed by atoms with Crippen molar-refractivity contribution in [3.8, 4) is 5.75 Å². The molecule has 1 atom stereocenters. The smallest absolute Gasteiger partial charge is 0.310 e. The number of benzene rings is 2. The van der Waals surface area contributed by atoms with Crippen LogP contribution in [0.5, 0.6) is 5.75 Å². The lowest BCUT2D eigenvalue weighted by molar-refractivity contribution is -0.139. The summed E-state index contributed by atoms with van der Waals surface area (Å²) in [6.07, 6.45) is 2.37. The van der Waals surface area contributed by atoms with Gasteiger partial charge < -0.3 is 24.5 Å². The van der Waals surface area contributed by atoms with Gasteiger partial charge in [-0.15, -0.1) is 0 Å². The number of methoxy groups -OCH3 is 1. The molecule has 0 saturated carbocycles. The number of nitrogens with zero attached hydrogens (tertiary/aromatic N) is 1. The van der Waals surface area contributed by atoms with E-state index in [1.807, 2.05) is 31.2 Å². The van der Waals surface area contributed by atoms with E-state index in [0.29, 0.717) is 46.5 Å². The summed E-state index contributed by atoms with van der Waals surface area (Å²) in [6.45, 7) is 2.68. The fourth-order valence-corrected chi connectivity index (χ4v) is 5.00. The number of carbonyl (C=O) groups is 2. The van der Waals surface area contributed by atoms with Crippen molar-refractivity contribution in [1.29, 1.82) is 0 Å². The number of nitrogens with one attached hydrogen (secondary N) is 1. The summed E-state index contributed by atoms with van der Waals surface area (Å²) < 4.78 is 12.5. The predicted molar refractivity (Wildman–Crippen MR) is 136 cm³/mol. The van der Waals surface area contributed by atoms with Crippen molar-refractivity contribution in [1.82, 2.24) is 9.88 Å². The topological polar surface area (TPSA) is 89.8 Å². The van der Waals surface area contributed by atoms with Gasteiger partial charge in [0, 0.05) is 18.5 Å². The van der Waals surface area contributed by atoms with Gasteiger partial charge in [0.05, 0.1) is 36.8 Å². The largest absolute Gasteiger partial charge is 0.495 e. The van der Waals surface area contributed by atoms with Crippen LogP contribution < -0.4 is 10.1 Å². The Labute approximate surface area is 213 Å². The number of carboxylic acid groups (broad SMARTS) is 1. The number of aliphatic carboxylic acids is 1. The molecule has 7 nitrogen and oxygen atoms in total. The first kappa shape index (κ1) is 25.4. The normalized spacial score (nSPS) is 15.5. The summed E-state index contributed by atoms with van der Waals surface area (Å²) in [7, 11) is 3.29. The minimum atomic E-state index is -0.827. The zero-order valence-corrected chi connectivity index (χ0v) is 21.4. The van der Waals surface area contributed by atoms with Crippen LogP contribution in [0.25, 0.3) is 10.9 Å². The predicted octanol–water partition coefficient (Wildman–Crippen LogP) is 5.51. The summed E-state index contributed by atoms with van der Waals surface area (Å²) in [5.74, 6) is -1.22. The van der Waals surface area contributed by atoms with Crippen LogP contribution in [0.15, 0.2) is 36.4 Å². The number of unbranched alkanes of at least 4 members (excludes halogenated alkanes) is 1. The van der Waals surface area contributed by atoms with E-state index < -0.39 is 17.4 Å². The van der Waals surface area contributed by atoms with E-state index in [1.165, 1.54) is 7.11 Å². The number of aryl methyl sites for hydroxylation is 1. The van der Waals surface area contributed by atoms with Gasteiger partial charge in [-0.2, -0.15) is 0 Å². The SMILES string of the molecule is CCCCC(C(=O)O)c1ccc(C2(NC(=O)c3cc4c(Cl)c(Cl)c(OC)cc4n3C)COC2)cc1. The van der Waals surface area contributed by atoms with Gasteiger partial charge in [-0.1, -0.05) is 67.2 Å². The van der Waals surface area contributed by atoms with Gasteiger partial charge in [0.15, 0.2) is 0 Å². The molecule has 35 heavy (non-hydrogen) atoms. The monoisotopic (exact) mass is 518 g/mol. The van der Waals surface area contributed by atoms with Crippen molar-refractivity contribution >= 4 is 46.0 Å². The number of fused-ring (bicyclic) bond motifs is 1. The molecule has 1 unspecified atom stereocenters. The quantitative estimate of drug-likeness (QED) is 0.389. The summed E-state index contributed by atoms with van der Waals surface area (Å²) >= 11 is 12.7. The van der Waals surface area contributed by atoms with Gasteiger partial charge in [0.25, 0.3) is 5.91 Å². The van der Waals surface area contributed by atoms with Crippen molar-refractivity contribution < 1.29 is 24.2 Å². The highest BCUT2D eigenvalue weighted by molar-refractivity contribution is 6.46. The molecular weight excluding hydrogens is 491 g/mol. The molecule has 4 rings (SSSR count). The standard InChI is InChI=1S/C26H28Cl2N2O5/c1-4-5-6-17(25(32)33)15-7-9-16(10-8-15)26(13-35-14-26)29-24(31)20-11-18-19(30(20)2)12-21(34-3)23(28)22(18)27/h7-12,17H,4-6,13-14H2,1-3H3,(H,29,31)(H,32,33). The Morgan fingerprint density at radius 2 is 1.89 bits per heavy atom. The summed E-state index contributed by atoms with van der Waals surface area (Å²) in [6, 6.07) is 10.9. The molecule has 1 aliphatic rings. The summed E-state index contributed by atoms with van der Waals surface area (Å²) in [4.78, 5) is 25.1. The number of hydrogen-bond donors (Lipinski definition) is 2. The molecule has 1 aliphatic heterocycles. The minimum Gasteiger partial charge on any atom is -0.495 e.